The molecule has 0 spiro atoms. The lowest BCUT2D eigenvalue weighted by molar-refractivity contribution is 0.0903. The van der Waals surface area contributed by atoms with E-state index in [1.165, 1.54) is 23.0 Å². The van der Waals surface area contributed by atoms with Gasteiger partial charge in [-0.3, -0.25) is 19.0 Å². The number of para-hydroxylation sites is 1. The van der Waals surface area contributed by atoms with Crippen LogP contribution in [0.4, 0.5) is 0 Å². The number of aliphatic hydroxyl groups is 1. The number of carbonyl (C=O) groups is 2. The van der Waals surface area contributed by atoms with Crippen molar-refractivity contribution in [1.82, 2.24) is 14.8 Å². The summed E-state index contributed by atoms with van der Waals surface area (Å²) in [5.41, 5.74) is 0.805. The second kappa shape index (κ2) is 10.8. The number of amides is 1. The Morgan fingerprint density at radius 3 is 2.49 bits per heavy atom. The monoisotopic (exact) mass is 519 g/mol. The first-order valence-corrected chi connectivity index (χ1v) is 13.2. The second-order valence-electron chi connectivity index (χ2n) is 9.18. The van der Waals surface area contributed by atoms with Gasteiger partial charge in [0, 0.05) is 36.6 Å². The van der Waals surface area contributed by atoms with E-state index in [0.29, 0.717) is 32.6 Å². The van der Waals surface area contributed by atoms with Crippen LogP contribution in [-0.2, 0) is 6.54 Å². The Morgan fingerprint density at radius 1 is 1.08 bits per heavy atom. The van der Waals surface area contributed by atoms with Crippen LogP contribution in [0, 0.1) is 0 Å². The van der Waals surface area contributed by atoms with Crippen LogP contribution >= 0.6 is 11.3 Å². The van der Waals surface area contributed by atoms with Crippen molar-refractivity contribution >= 4 is 44.0 Å². The summed E-state index contributed by atoms with van der Waals surface area (Å²) in [7, 11) is 1.46. The van der Waals surface area contributed by atoms with Crippen molar-refractivity contribution in [1.29, 1.82) is 0 Å². The smallest absolute Gasteiger partial charge is 0.265 e. The van der Waals surface area contributed by atoms with Crippen molar-refractivity contribution in [2.45, 2.75) is 25.4 Å². The van der Waals surface area contributed by atoms with E-state index in [1.54, 1.807) is 24.3 Å². The third kappa shape index (κ3) is 4.90. The molecule has 1 amide bonds. The molecule has 1 aliphatic heterocycles. The second-order valence-corrected chi connectivity index (χ2v) is 10.2. The van der Waals surface area contributed by atoms with Crippen molar-refractivity contribution in [2.24, 2.45) is 0 Å². The minimum absolute atomic E-state index is 0.00857. The predicted molar refractivity (Wildman–Crippen MR) is 145 cm³/mol. The van der Waals surface area contributed by atoms with Gasteiger partial charge in [0.25, 0.3) is 11.5 Å². The number of fused-ring (bicyclic) bond motifs is 3. The molecular weight excluding hydrogens is 490 g/mol. The molecular formula is C28H29N3O5S. The van der Waals surface area contributed by atoms with Gasteiger partial charge in [0.15, 0.2) is 11.5 Å². The van der Waals surface area contributed by atoms with Crippen LogP contribution in [0.2, 0.25) is 0 Å². The largest absolute Gasteiger partial charge is 0.494 e. The highest BCUT2D eigenvalue weighted by Crippen LogP contribution is 2.39. The molecule has 3 heterocycles. The van der Waals surface area contributed by atoms with Gasteiger partial charge in [-0.15, -0.1) is 11.3 Å². The number of thiophene rings is 1. The standard InChI is InChI=1S/C28H29N3O5S/c1-36-24-23-25(37-26(24)27(34)29-19-11-13-30(14-12-19)15-16-32)20-9-5-6-10-21(20)31(28(23)35)17-22(33)18-7-3-2-4-8-18/h2-10,19,32H,11-17H2,1H3,(H,29,34). The van der Waals surface area contributed by atoms with Gasteiger partial charge < -0.3 is 20.1 Å². The van der Waals surface area contributed by atoms with Crippen LogP contribution in [0.3, 0.4) is 0 Å². The van der Waals surface area contributed by atoms with Crippen molar-refractivity contribution in [2.75, 3.05) is 33.4 Å². The first-order chi connectivity index (χ1) is 18.0. The quantitative estimate of drug-likeness (QED) is 0.347. The van der Waals surface area contributed by atoms with E-state index in [9.17, 15) is 14.4 Å². The number of β-amino-alcohol motifs (C(OH)–C–C–N with tert-alkyl or cyclic N) is 1. The number of hydrogen-bond donors (Lipinski definition) is 2. The lowest BCUT2D eigenvalue weighted by atomic mass is 10.0. The van der Waals surface area contributed by atoms with Crippen molar-refractivity contribution in [3.05, 3.63) is 75.4 Å². The molecule has 2 aromatic heterocycles. The van der Waals surface area contributed by atoms with E-state index < -0.39 is 0 Å². The Kier molecular flexibility index (Phi) is 7.36. The van der Waals surface area contributed by atoms with Gasteiger partial charge in [0.05, 0.1) is 30.5 Å². The summed E-state index contributed by atoms with van der Waals surface area (Å²) in [5.74, 6) is -0.201. The van der Waals surface area contributed by atoms with E-state index in [4.69, 9.17) is 9.84 Å². The zero-order valence-corrected chi connectivity index (χ0v) is 21.4. The Balaban J connectivity index is 1.53. The fraction of sp³-hybridized carbons (Fsp3) is 0.321. The zero-order valence-electron chi connectivity index (χ0n) is 20.6. The molecule has 0 radical (unpaired) electrons. The normalized spacial score (nSPS) is 14.8. The van der Waals surface area contributed by atoms with Gasteiger partial charge in [-0.2, -0.15) is 0 Å². The minimum atomic E-state index is -0.359. The van der Waals surface area contributed by atoms with Crippen molar-refractivity contribution in [3.63, 3.8) is 0 Å². The molecule has 2 aromatic carbocycles. The zero-order chi connectivity index (χ0) is 25.9. The summed E-state index contributed by atoms with van der Waals surface area (Å²) in [5, 5.41) is 13.4. The molecule has 0 unspecified atom stereocenters. The maximum atomic E-state index is 13.8. The number of aromatic nitrogens is 1. The summed E-state index contributed by atoms with van der Waals surface area (Å²) in [4.78, 5) is 42.7. The van der Waals surface area contributed by atoms with Crippen LogP contribution in [-0.4, -0.2) is 65.7 Å². The number of hydrogen-bond acceptors (Lipinski definition) is 7. The van der Waals surface area contributed by atoms with Gasteiger partial charge in [-0.05, 0) is 18.9 Å². The minimum Gasteiger partial charge on any atom is -0.494 e. The fourth-order valence-electron chi connectivity index (χ4n) is 5.00. The molecule has 4 aromatic rings. The molecule has 2 N–H and O–H groups in total. The van der Waals surface area contributed by atoms with E-state index in [2.05, 4.69) is 10.2 Å². The highest BCUT2D eigenvalue weighted by molar-refractivity contribution is 7.22. The summed E-state index contributed by atoms with van der Waals surface area (Å²) in [6.07, 6.45) is 1.58. The average Bonchev–Trinajstić information content (AvgIpc) is 3.33. The number of aliphatic hydroxyl groups excluding tert-OH is 1. The number of nitrogens with zero attached hydrogens (tertiary/aromatic N) is 2. The molecule has 37 heavy (non-hydrogen) atoms. The van der Waals surface area contributed by atoms with E-state index in [1.807, 2.05) is 30.3 Å². The molecule has 0 bridgehead atoms. The maximum absolute atomic E-state index is 13.8. The highest BCUT2D eigenvalue weighted by Gasteiger charge is 2.28. The number of pyridine rings is 1. The van der Waals surface area contributed by atoms with E-state index in [0.717, 1.165) is 31.3 Å². The molecule has 1 saturated heterocycles. The van der Waals surface area contributed by atoms with Gasteiger partial charge in [-0.1, -0.05) is 48.5 Å². The Hall–Kier alpha value is -3.53. The number of ether oxygens (including phenoxy) is 1. The van der Waals surface area contributed by atoms with Crippen molar-refractivity contribution < 1.29 is 19.4 Å². The fourth-order valence-corrected chi connectivity index (χ4v) is 6.20. The number of benzene rings is 2. The molecule has 1 fully saturated rings. The Morgan fingerprint density at radius 2 is 1.78 bits per heavy atom. The average molecular weight is 520 g/mol. The van der Waals surface area contributed by atoms with Gasteiger partial charge >= 0.3 is 0 Å². The summed E-state index contributed by atoms with van der Waals surface area (Å²) < 4.78 is 7.79. The number of carbonyl (C=O) groups excluding carboxylic acids is 2. The first-order valence-electron chi connectivity index (χ1n) is 12.4. The number of nitrogens with one attached hydrogen (secondary N) is 1. The summed E-state index contributed by atoms with van der Waals surface area (Å²) in [6, 6.07) is 16.3. The Labute approximate surface area is 218 Å². The third-order valence-electron chi connectivity index (χ3n) is 6.91. The van der Waals surface area contributed by atoms with E-state index in [-0.39, 0.29) is 42.2 Å². The molecule has 5 rings (SSSR count). The Bertz CT molecular complexity index is 1500. The number of ketones is 1. The van der Waals surface area contributed by atoms with Gasteiger partial charge in [0.1, 0.15) is 10.3 Å². The molecule has 9 heteroatoms. The van der Waals surface area contributed by atoms with Gasteiger partial charge in [-0.25, -0.2) is 0 Å². The van der Waals surface area contributed by atoms with E-state index >= 15 is 0 Å². The van der Waals surface area contributed by atoms with Crippen LogP contribution in [0.5, 0.6) is 5.75 Å². The molecule has 1 aliphatic rings. The number of likely N-dealkylation sites (tertiary alicyclic amines) is 1. The van der Waals surface area contributed by atoms with Crippen LogP contribution < -0.4 is 15.6 Å². The van der Waals surface area contributed by atoms with Crippen LogP contribution in [0.25, 0.3) is 21.0 Å². The lowest BCUT2D eigenvalue weighted by Crippen LogP contribution is -2.45. The lowest BCUT2D eigenvalue weighted by Gasteiger charge is -2.31. The number of Topliss-reactive ketones (excluding diaryl/α,β-unsaturated/α-hetero) is 1. The summed E-state index contributed by atoms with van der Waals surface area (Å²) >= 11 is 1.24. The topological polar surface area (TPSA) is 101 Å². The van der Waals surface area contributed by atoms with Crippen LogP contribution in [0.15, 0.2) is 59.4 Å². The number of rotatable bonds is 8. The maximum Gasteiger partial charge on any atom is 0.265 e. The van der Waals surface area contributed by atoms with Crippen LogP contribution in [0.1, 0.15) is 32.9 Å². The number of piperidine rings is 1. The first kappa shape index (κ1) is 25.1. The molecule has 8 nitrogen and oxygen atoms in total. The predicted octanol–water partition coefficient (Wildman–Crippen LogP) is 3.29. The highest BCUT2D eigenvalue weighted by atomic mass is 32.1. The summed E-state index contributed by atoms with van der Waals surface area (Å²) in [6.45, 7) is 2.25. The molecule has 0 saturated carbocycles. The molecule has 0 aliphatic carbocycles. The third-order valence-corrected chi connectivity index (χ3v) is 8.11. The van der Waals surface area contributed by atoms with Gasteiger partial charge in [0.2, 0.25) is 0 Å². The SMILES string of the molecule is COc1c(C(=O)NC2CCN(CCO)CC2)sc2c1c(=O)n(CC(=O)c1ccccc1)c1ccccc21. The molecule has 0 atom stereocenters. The number of methoxy groups -OCH3 is 1. The molecule has 192 valence electrons. The van der Waals surface area contributed by atoms with Crippen molar-refractivity contribution in [3.8, 4) is 5.75 Å².